The Balaban J connectivity index is 1.78. The Morgan fingerprint density at radius 3 is 2.41 bits per heavy atom. The molecule has 0 spiro atoms. The predicted molar refractivity (Wildman–Crippen MR) is 107 cm³/mol. The largest absolute Gasteiger partial charge is 0.497 e. The van der Waals surface area contributed by atoms with E-state index in [2.05, 4.69) is 5.32 Å². The minimum atomic E-state index is -0.214. The lowest BCUT2D eigenvalue weighted by atomic mass is 10.2. The molecule has 7 heteroatoms. The first-order chi connectivity index (χ1) is 13.0. The maximum Gasteiger partial charge on any atom is 0.329 e. The lowest BCUT2D eigenvalue weighted by molar-refractivity contribution is -0.116. The molecule has 0 saturated heterocycles. The van der Waals surface area contributed by atoms with E-state index in [4.69, 9.17) is 10.5 Å². The summed E-state index contributed by atoms with van der Waals surface area (Å²) in [5.74, 6) is 0.396. The summed E-state index contributed by atoms with van der Waals surface area (Å²) in [7, 11) is 1.55. The SMILES string of the molecule is CCCn1c(=O)n(CCC(=O)Nc2cc(OC)ccc2N)c2ccccc21. The molecule has 0 aliphatic heterocycles. The first kappa shape index (κ1) is 18.6. The van der Waals surface area contributed by atoms with E-state index in [-0.39, 0.29) is 18.0 Å². The lowest BCUT2D eigenvalue weighted by Gasteiger charge is -2.10. The van der Waals surface area contributed by atoms with Crippen molar-refractivity contribution < 1.29 is 9.53 Å². The van der Waals surface area contributed by atoms with Crippen LogP contribution in [0.25, 0.3) is 11.0 Å². The molecule has 142 valence electrons. The van der Waals surface area contributed by atoms with Crippen molar-refractivity contribution in [3.8, 4) is 5.75 Å². The van der Waals surface area contributed by atoms with Crippen LogP contribution in [-0.2, 0) is 17.9 Å². The van der Waals surface area contributed by atoms with Crippen molar-refractivity contribution in [1.82, 2.24) is 9.13 Å². The topological polar surface area (TPSA) is 91.3 Å². The number of anilines is 2. The molecule has 3 N–H and O–H groups in total. The van der Waals surface area contributed by atoms with Crippen LogP contribution in [0, 0.1) is 0 Å². The van der Waals surface area contributed by atoms with Crippen LogP contribution in [0.1, 0.15) is 19.8 Å². The van der Waals surface area contributed by atoms with Crippen LogP contribution < -0.4 is 21.5 Å². The monoisotopic (exact) mass is 368 g/mol. The van der Waals surface area contributed by atoms with Gasteiger partial charge in [0, 0.05) is 25.6 Å². The smallest absolute Gasteiger partial charge is 0.329 e. The summed E-state index contributed by atoms with van der Waals surface area (Å²) < 4.78 is 8.56. The average Bonchev–Trinajstić information content (AvgIpc) is 2.94. The zero-order valence-electron chi connectivity index (χ0n) is 15.6. The number of nitrogen functional groups attached to an aromatic ring is 1. The van der Waals surface area contributed by atoms with E-state index >= 15 is 0 Å². The van der Waals surface area contributed by atoms with E-state index in [0.717, 1.165) is 17.5 Å². The van der Waals surface area contributed by atoms with Crippen molar-refractivity contribution in [3.63, 3.8) is 0 Å². The Morgan fingerprint density at radius 1 is 1.11 bits per heavy atom. The van der Waals surface area contributed by atoms with Crippen LogP contribution in [0.15, 0.2) is 47.3 Å². The van der Waals surface area contributed by atoms with Crippen molar-refractivity contribution in [2.24, 2.45) is 0 Å². The predicted octanol–water partition coefficient (Wildman–Crippen LogP) is 2.83. The molecular formula is C20H24N4O3. The van der Waals surface area contributed by atoms with E-state index < -0.39 is 0 Å². The van der Waals surface area contributed by atoms with Crippen LogP contribution in [0.4, 0.5) is 11.4 Å². The maximum absolute atomic E-state index is 12.7. The Bertz CT molecular complexity index is 1020. The number of nitrogens with two attached hydrogens (primary N) is 1. The van der Waals surface area contributed by atoms with Crippen molar-refractivity contribution in [3.05, 3.63) is 52.9 Å². The zero-order valence-corrected chi connectivity index (χ0v) is 15.6. The second kappa shape index (κ2) is 7.99. The van der Waals surface area contributed by atoms with Gasteiger partial charge in [-0.25, -0.2) is 4.79 Å². The number of methoxy groups -OCH3 is 1. The summed E-state index contributed by atoms with van der Waals surface area (Å²) in [5.41, 5.74) is 8.50. The number of aryl methyl sites for hydroxylation is 2. The number of carbonyl (C=O) groups is 1. The molecule has 7 nitrogen and oxygen atoms in total. The first-order valence-corrected chi connectivity index (χ1v) is 8.96. The number of hydrogen-bond acceptors (Lipinski definition) is 4. The molecule has 0 fully saturated rings. The third-order valence-corrected chi connectivity index (χ3v) is 4.47. The molecule has 2 aromatic carbocycles. The molecule has 0 aliphatic carbocycles. The van der Waals surface area contributed by atoms with Gasteiger partial charge in [-0.15, -0.1) is 0 Å². The quantitative estimate of drug-likeness (QED) is 0.627. The minimum absolute atomic E-state index is 0.0910. The van der Waals surface area contributed by atoms with Gasteiger partial charge in [-0.05, 0) is 30.7 Å². The number of amides is 1. The molecule has 1 aromatic heterocycles. The number of para-hydroxylation sites is 2. The standard InChI is InChI=1S/C20H24N4O3/c1-3-11-23-17-6-4-5-7-18(17)24(20(23)26)12-10-19(25)22-16-13-14(27-2)8-9-15(16)21/h4-9,13H,3,10-12,21H2,1-2H3,(H,22,25). The summed E-state index contributed by atoms with van der Waals surface area (Å²) in [4.78, 5) is 25.1. The number of rotatable bonds is 7. The molecule has 3 rings (SSSR count). The van der Waals surface area contributed by atoms with Gasteiger partial charge in [0.25, 0.3) is 0 Å². The summed E-state index contributed by atoms with van der Waals surface area (Å²) in [6, 6.07) is 12.7. The number of hydrogen-bond donors (Lipinski definition) is 2. The fourth-order valence-corrected chi connectivity index (χ4v) is 3.12. The number of imidazole rings is 1. The average molecular weight is 368 g/mol. The Labute approximate surface area is 157 Å². The van der Waals surface area contributed by atoms with E-state index in [1.807, 2.05) is 31.2 Å². The minimum Gasteiger partial charge on any atom is -0.497 e. The van der Waals surface area contributed by atoms with Gasteiger partial charge in [-0.1, -0.05) is 19.1 Å². The highest BCUT2D eigenvalue weighted by Crippen LogP contribution is 2.24. The second-order valence-electron chi connectivity index (χ2n) is 6.33. The molecule has 0 saturated carbocycles. The number of aromatic nitrogens is 2. The number of ether oxygens (including phenoxy) is 1. The molecule has 27 heavy (non-hydrogen) atoms. The van der Waals surface area contributed by atoms with Crippen molar-refractivity contribution >= 4 is 28.3 Å². The van der Waals surface area contributed by atoms with Crippen LogP contribution in [0.5, 0.6) is 5.75 Å². The molecule has 0 atom stereocenters. The van der Waals surface area contributed by atoms with E-state index in [1.165, 1.54) is 0 Å². The van der Waals surface area contributed by atoms with Crippen LogP contribution in [0.2, 0.25) is 0 Å². The van der Waals surface area contributed by atoms with Gasteiger partial charge >= 0.3 is 5.69 Å². The third-order valence-electron chi connectivity index (χ3n) is 4.47. The first-order valence-electron chi connectivity index (χ1n) is 8.96. The molecule has 0 radical (unpaired) electrons. The fraction of sp³-hybridized carbons (Fsp3) is 0.300. The Hall–Kier alpha value is -3.22. The summed E-state index contributed by atoms with van der Waals surface area (Å²) >= 11 is 0. The molecular weight excluding hydrogens is 344 g/mol. The lowest BCUT2D eigenvalue weighted by Crippen LogP contribution is -2.26. The fourth-order valence-electron chi connectivity index (χ4n) is 3.12. The summed E-state index contributed by atoms with van der Waals surface area (Å²) in [6.45, 7) is 2.98. The summed E-state index contributed by atoms with van der Waals surface area (Å²) in [6.07, 6.45) is 1.03. The number of fused-ring (bicyclic) bond motifs is 1. The molecule has 1 heterocycles. The van der Waals surface area contributed by atoms with E-state index in [0.29, 0.717) is 30.2 Å². The van der Waals surface area contributed by atoms with Gasteiger partial charge in [0.2, 0.25) is 5.91 Å². The summed E-state index contributed by atoms with van der Waals surface area (Å²) in [5, 5.41) is 2.79. The maximum atomic E-state index is 12.7. The van der Waals surface area contributed by atoms with Crippen molar-refractivity contribution in [2.45, 2.75) is 32.9 Å². The number of benzene rings is 2. The zero-order chi connectivity index (χ0) is 19.4. The van der Waals surface area contributed by atoms with Gasteiger partial charge < -0.3 is 15.8 Å². The van der Waals surface area contributed by atoms with Crippen LogP contribution in [-0.4, -0.2) is 22.2 Å². The van der Waals surface area contributed by atoms with Crippen molar-refractivity contribution in [2.75, 3.05) is 18.2 Å². The Morgan fingerprint density at radius 2 is 1.78 bits per heavy atom. The second-order valence-corrected chi connectivity index (χ2v) is 6.33. The number of nitrogens with one attached hydrogen (secondary N) is 1. The molecule has 1 amide bonds. The van der Waals surface area contributed by atoms with Gasteiger partial charge in [-0.3, -0.25) is 13.9 Å². The van der Waals surface area contributed by atoms with E-state index in [1.54, 1.807) is 34.4 Å². The normalized spacial score (nSPS) is 10.9. The number of nitrogens with zero attached hydrogens (tertiary/aromatic N) is 2. The Kier molecular flexibility index (Phi) is 5.49. The third kappa shape index (κ3) is 3.81. The highest BCUT2D eigenvalue weighted by molar-refractivity contribution is 5.94. The highest BCUT2D eigenvalue weighted by atomic mass is 16.5. The van der Waals surface area contributed by atoms with Crippen LogP contribution >= 0.6 is 0 Å². The number of carbonyl (C=O) groups excluding carboxylic acids is 1. The van der Waals surface area contributed by atoms with Gasteiger partial charge in [-0.2, -0.15) is 0 Å². The van der Waals surface area contributed by atoms with Crippen molar-refractivity contribution in [1.29, 1.82) is 0 Å². The molecule has 0 unspecified atom stereocenters. The molecule has 0 aliphatic rings. The van der Waals surface area contributed by atoms with Gasteiger partial charge in [0.05, 0.1) is 29.5 Å². The molecule has 0 bridgehead atoms. The van der Waals surface area contributed by atoms with Crippen LogP contribution in [0.3, 0.4) is 0 Å². The van der Waals surface area contributed by atoms with Gasteiger partial charge in [0.15, 0.2) is 0 Å². The van der Waals surface area contributed by atoms with Gasteiger partial charge in [0.1, 0.15) is 5.75 Å². The highest BCUT2D eigenvalue weighted by Gasteiger charge is 2.14. The van der Waals surface area contributed by atoms with E-state index in [9.17, 15) is 9.59 Å². The molecule has 3 aromatic rings.